The molecule has 0 saturated heterocycles. The van der Waals surface area contributed by atoms with E-state index in [1.165, 1.54) is 17.5 Å². The lowest BCUT2D eigenvalue weighted by molar-refractivity contribution is 0.0691. The first-order valence-corrected chi connectivity index (χ1v) is 6.85. The Morgan fingerprint density at radius 3 is 2.68 bits per heavy atom. The first-order chi connectivity index (χ1) is 8.95. The van der Waals surface area contributed by atoms with Gasteiger partial charge in [0.05, 0.1) is 0 Å². The van der Waals surface area contributed by atoms with Gasteiger partial charge >= 0.3 is 5.97 Å². The Morgan fingerprint density at radius 2 is 2.26 bits per heavy atom. The van der Waals surface area contributed by atoms with Crippen molar-refractivity contribution < 1.29 is 9.90 Å². The van der Waals surface area contributed by atoms with E-state index in [9.17, 15) is 4.79 Å². The number of carbonyl (C=O) groups is 1. The molecule has 0 aliphatic carbocycles. The third-order valence-corrected chi connectivity index (χ3v) is 3.37. The van der Waals surface area contributed by atoms with E-state index in [1.54, 1.807) is 4.40 Å². The fourth-order valence-electron chi connectivity index (χ4n) is 1.40. The Labute approximate surface area is 116 Å². The quantitative estimate of drug-likeness (QED) is 0.884. The average Bonchev–Trinajstić information content (AvgIpc) is 2.90. The summed E-state index contributed by atoms with van der Waals surface area (Å²) in [7, 11) is 4.10. The number of imidazole rings is 1. The standard InChI is InChI=1S/C7H6N2O2S.C5H14N2/c1-4-3-12-7-8-5(6(10)11)2-9(4)7;1-7(2)5-3-4-6/h2-3H,1H3,(H,10,11);3-6H2,1-2H3. The van der Waals surface area contributed by atoms with Crippen LogP contribution in [0.4, 0.5) is 0 Å². The predicted octanol–water partition coefficient (Wildman–Crippen LogP) is 1.30. The first-order valence-electron chi connectivity index (χ1n) is 5.97. The summed E-state index contributed by atoms with van der Waals surface area (Å²) in [5.41, 5.74) is 6.36. The number of carboxylic acids is 1. The lowest BCUT2D eigenvalue weighted by Crippen LogP contribution is -2.16. The monoisotopic (exact) mass is 284 g/mol. The number of hydrogen-bond acceptors (Lipinski definition) is 5. The molecule has 0 aliphatic heterocycles. The molecule has 2 aromatic heterocycles. The maximum atomic E-state index is 10.5. The van der Waals surface area contributed by atoms with Crippen molar-refractivity contribution >= 4 is 22.3 Å². The molecule has 106 valence electrons. The van der Waals surface area contributed by atoms with Crippen molar-refractivity contribution in [3.8, 4) is 0 Å². The Bertz CT molecular complexity index is 533. The number of aryl methyl sites for hydroxylation is 1. The molecule has 0 amide bonds. The molecular weight excluding hydrogens is 264 g/mol. The third kappa shape index (κ3) is 4.62. The zero-order valence-electron chi connectivity index (χ0n) is 11.5. The fourth-order valence-corrected chi connectivity index (χ4v) is 2.26. The maximum Gasteiger partial charge on any atom is 0.356 e. The van der Waals surface area contributed by atoms with Crippen LogP contribution in [0.3, 0.4) is 0 Å². The Morgan fingerprint density at radius 1 is 1.58 bits per heavy atom. The van der Waals surface area contributed by atoms with Gasteiger partial charge in [-0.3, -0.25) is 4.40 Å². The van der Waals surface area contributed by atoms with Crippen molar-refractivity contribution in [3.05, 3.63) is 23.0 Å². The van der Waals surface area contributed by atoms with Gasteiger partial charge in [0, 0.05) is 17.3 Å². The number of aromatic nitrogens is 2. The minimum absolute atomic E-state index is 0.102. The summed E-state index contributed by atoms with van der Waals surface area (Å²) in [6.45, 7) is 3.82. The molecule has 0 spiro atoms. The first kappa shape index (κ1) is 15.6. The smallest absolute Gasteiger partial charge is 0.356 e. The van der Waals surface area contributed by atoms with E-state index >= 15 is 0 Å². The second-order valence-electron chi connectivity index (χ2n) is 4.41. The number of thiazole rings is 1. The van der Waals surface area contributed by atoms with Crippen LogP contribution in [0.15, 0.2) is 11.6 Å². The number of fused-ring (bicyclic) bond motifs is 1. The van der Waals surface area contributed by atoms with Crippen LogP contribution in [0.5, 0.6) is 0 Å². The Kier molecular flexibility index (Phi) is 5.94. The number of aromatic carboxylic acids is 1. The highest BCUT2D eigenvalue weighted by Gasteiger charge is 2.10. The molecule has 0 aromatic carbocycles. The average molecular weight is 284 g/mol. The van der Waals surface area contributed by atoms with Crippen molar-refractivity contribution in [1.82, 2.24) is 14.3 Å². The molecule has 19 heavy (non-hydrogen) atoms. The summed E-state index contributed by atoms with van der Waals surface area (Å²) >= 11 is 1.44. The molecule has 0 atom stereocenters. The van der Waals surface area contributed by atoms with E-state index in [1.807, 2.05) is 12.3 Å². The molecule has 6 nitrogen and oxygen atoms in total. The molecule has 0 bridgehead atoms. The highest BCUT2D eigenvalue weighted by molar-refractivity contribution is 7.15. The van der Waals surface area contributed by atoms with Gasteiger partial charge in [-0.15, -0.1) is 11.3 Å². The third-order valence-electron chi connectivity index (χ3n) is 2.42. The zero-order valence-corrected chi connectivity index (χ0v) is 12.3. The van der Waals surface area contributed by atoms with Gasteiger partial charge in [0.2, 0.25) is 0 Å². The lowest BCUT2D eigenvalue weighted by atomic mass is 10.4. The topological polar surface area (TPSA) is 83.9 Å². The van der Waals surface area contributed by atoms with Gasteiger partial charge in [-0.25, -0.2) is 9.78 Å². The van der Waals surface area contributed by atoms with E-state index < -0.39 is 5.97 Å². The summed E-state index contributed by atoms with van der Waals surface area (Å²) in [6.07, 6.45) is 2.64. The van der Waals surface area contributed by atoms with Gasteiger partial charge < -0.3 is 15.7 Å². The molecule has 7 heteroatoms. The summed E-state index contributed by atoms with van der Waals surface area (Å²) in [5, 5.41) is 10.6. The minimum atomic E-state index is -0.981. The molecule has 0 aliphatic rings. The Hall–Kier alpha value is -1.44. The van der Waals surface area contributed by atoms with Gasteiger partial charge in [0.15, 0.2) is 10.7 Å². The number of carboxylic acid groups (broad SMARTS) is 1. The zero-order chi connectivity index (χ0) is 14.4. The molecular formula is C12H20N4O2S. The number of nitrogens with zero attached hydrogens (tertiary/aromatic N) is 3. The Balaban J connectivity index is 0.000000224. The van der Waals surface area contributed by atoms with E-state index in [2.05, 4.69) is 24.0 Å². The largest absolute Gasteiger partial charge is 0.476 e. The van der Waals surface area contributed by atoms with Gasteiger partial charge in [-0.05, 0) is 40.5 Å². The normalized spacial score (nSPS) is 10.6. The molecule has 3 N–H and O–H groups in total. The molecule has 2 aromatic rings. The summed E-state index contributed by atoms with van der Waals surface area (Å²) < 4.78 is 1.77. The summed E-state index contributed by atoms with van der Waals surface area (Å²) in [5.74, 6) is -0.981. The lowest BCUT2D eigenvalue weighted by Gasteiger charge is -2.05. The van der Waals surface area contributed by atoms with Crippen LogP contribution in [-0.2, 0) is 0 Å². The van der Waals surface area contributed by atoms with E-state index in [0.717, 1.165) is 30.2 Å². The summed E-state index contributed by atoms with van der Waals surface area (Å²) in [4.78, 5) is 17.3. The minimum Gasteiger partial charge on any atom is -0.476 e. The van der Waals surface area contributed by atoms with Gasteiger partial charge in [-0.1, -0.05) is 0 Å². The van der Waals surface area contributed by atoms with Gasteiger partial charge in [-0.2, -0.15) is 0 Å². The van der Waals surface area contributed by atoms with Crippen LogP contribution in [0.1, 0.15) is 22.6 Å². The second kappa shape index (κ2) is 7.22. The van der Waals surface area contributed by atoms with Crippen molar-refractivity contribution in [2.24, 2.45) is 5.73 Å². The van der Waals surface area contributed by atoms with Crippen molar-refractivity contribution in [2.75, 3.05) is 27.2 Å². The summed E-state index contributed by atoms with van der Waals surface area (Å²) in [6, 6.07) is 0. The number of rotatable bonds is 4. The molecule has 0 saturated carbocycles. The van der Waals surface area contributed by atoms with Crippen LogP contribution in [0.2, 0.25) is 0 Å². The van der Waals surface area contributed by atoms with Gasteiger partial charge in [0.25, 0.3) is 0 Å². The molecule has 2 heterocycles. The van der Waals surface area contributed by atoms with Crippen molar-refractivity contribution in [2.45, 2.75) is 13.3 Å². The second-order valence-corrected chi connectivity index (χ2v) is 5.24. The van der Waals surface area contributed by atoms with E-state index in [4.69, 9.17) is 10.8 Å². The fraction of sp³-hybridized carbons (Fsp3) is 0.500. The van der Waals surface area contributed by atoms with Crippen molar-refractivity contribution in [3.63, 3.8) is 0 Å². The molecule has 2 rings (SSSR count). The van der Waals surface area contributed by atoms with Crippen LogP contribution in [0.25, 0.3) is 4.96 Å². The molecule has 0 unspecified atom stereocenters. The number of hydrogen-bond donors (Lipinski definition) is 2. The van der Waals surface area contributed by atoms with Crippen LogP contribution in [-0.4, -0.2) is 52.5 Å². The van der Waals surface area contributed by atoms with Gasteiger partial charge in [0.1, 0.15) is 0 Å². The van der Waals surface area contributed by atoms with Crippen LogP contribution < -0.4 is 5.73 Å². The van der Waals surface area contributed by atoms with E-state index in [0.29, 0.717) is 0 Å². The van der Waals surface area contributed by atoms with E-state index in [-0.39, 0.29) is 5.69 Å². The highest BCUT2D eigenvalue weighted by atomic mass is 32.1. The van der Waals surface area contributed by atoms with Crippen LogP contribution >= 0.6 is 11.3 Å². The number of nitrogens with two attached hydrogens (primary N) is 1. The molecule has 0 radical (unpaired) electrons. The SMILES string of the molecule is CN(C)CCCN.Cc1csc2nc(C(=O)O)cn12. The predicted molar refractivity (Wildman–Crippen MR) is 77.0 cm³/mol. The molecule has 0 fully saturated rings. The van der Waals surface area contributed by atoms with Crippen LogP contribution in [0, 0.1) is 6.92 Å². The maximum absolute atomic E-state index is 10.5. The van der Waals surface area contributed by atoms with Crippen molar-refractivity contribution in [1.29, 1.82) is 0 Å². The highest BCUT2D eigenvalue weighted by Crippen LogP contribution is 2.15.